The Morgan fingerprint density at radius 1 is 1.13 bits per heavy atom. The van der Waals surface area contributed by atoms with E-state index in [4.69, 9.17) is 4.43 Å². The van der Waals surface area contributed by atoms with Crippen LogP contribution in [0.2, 0.25) is 18.1 Å². The largest absolute Gasteiger partial charge is 0.480 e. The Labute approximate surface area is 178 Å². The van der Waals surface area contributed by atoms with Crippen LogP contribution in [0.5, 0.6) is 0 Å². The number of rotatable bonds is 10. The Balaban J connectivity index is 2.83. The second kappa shape index (κ2) is 10.7. The van der Waals surface area contributed by atoms with Gasteiger partial charge in [0.1, 0.15) is 17.9 Å². The third kappa shape index (κ3) is 7.87. The van der Waals surface area contributed by atoms with Crippen molar-refractivity contribution in [3.8, 4) is 0 Å². The summed E-state index contributed by atoms with van der Waals surface area (Å²) in [6.07, 6.45) is -0.00896. The Hall–Kier alpha value is -2.26. The molecule has 0 radical (unpaired) electrons. The number of carbonyl (C=O) groups excluding carboxylic acids is 2. The zero-order valence-corrected chi connectivity index (χ0v) is 19.5. The summed E-state index contributed by atoms with van der Waals surface area (Å²) in [5, 5.41) is 14.4. The predicted molar refractivity (Wildman–Crippen MR) is 115 cm³/mol. The van der Waals surface area contributed by atoms with E-state index in [-0.39, 0.29) is 30.1 Å². The molecule has 0 aliphatic heterocycles. The molecule has 3 N–H and O–H groups in total. The first-order valence-electron chi connectivity index (χ1n) is 9.92. The lowest BCUT2D eigenvalue weighted by molar-refractivity contribution is -0.142. The number of hydrogen-bond donors (Lipinski definition) is 3. The average Bonchev–Trinajstić information content (AvgIpc) is 2.60. The van der Waals surface area contributed by atoms with Gasteiger partial charge in [-0.25, -0.2) is 9.18 Å². The fourth-order valence-corrected chi connectivity index (χ4v) is 3.58. The van der Waals surface area contributed by atoms with Gasteiger partial charge in [0.15, 0.2) is 8.32 Å². The maximum atomic E-state index is 14.0. The minimum Gasteiger partial charge on any atom is -0.480 e. The quantitative estimate of drug-likeness (QED) is 0.485. The van der Waals surface area contributed by atoms with Crippen LogP contribution in [-0.4, -0.2) is 49.9 Å². The number of carboxylic acids is 1. The lowest BCUT2D eigenvalue weighted by atomic mass is 10.0. The second-order valence-corrected chi connectivity index (χ2v) is 13.7. The van der Waals surface area contributed by atoms with Gasteiger partial charge in [-0.05, 0) is 29.8 Å². The summed E-state index contributed by atoms with van der Waals surface area (Å²) in [6.45, 7) is 11.8. The van der Waals surface area contributed by atoms with E-state index in [1.807, 2.05) is 0 Å². The van der Waals surface area contributed by atoms with Gasteiger partial charge in [0.25, 0.3) is 0 Å². The smallest absolute Gasteiger partial charge is 0.326 e. The number of halogens is 1. The zero-order valence-electron chi connectivity index (χ0n) is 18.5. The van der Waals surface area contributed by atoms with Crippen LogP contribution >= 0.6 is 0 Å². The van der Waals surface area contributed by atoms with Crippen LogP contribution in [0.15, 0.2) is 24.3 Å². The van der Waals surface area contributed by atoms with Crippen molar-refractivity contribution in [1.82, 2.24) is 10.6 Å². The summed E-state index contributed by atoms with van der Waals surface area (Å²) in [6, 6.07) is 3.64. The molecule has 2 atom stereocenters. The van der Waals surface area contributed by atoms with Crippen molar-refractivity contribution in [2.45, 2.75) is 70.8 Å². The van der Waals surface area contributed by atoms with Crippen LogP contribution in [-0.2, 0) is 25.2 Å². The number of benzene rings is 1. The molecule has 1 aromatic carbocycles. The highest BCUT2D eigenvalue weighted by Gasteiger charge is 2.37. The van der Waals surface area contributed by atoms with Crippen LogP contribution in [0.25, 0.3) is 0 Å². The molecule has 0 unspecified atom stereocenters. The van der Waals surface area contributed by atoms with E-state index in [9.17, 15) is 23.9 Å². The molecule has 0 saturated heterocycles. The molecule has 0 aliphatic rings. The Morgan fingerprint density at radius 3 is 2.23 bits per heavy atom. The maximum absolute atomic E-state index is 14.0. The fourth-order valence-electron chi connectivity index (χ4n) is 2.52. The summed E-state index contributed by atoms with van der Waals surface area (Å²) in [5.74, 6) is -2.86. The standard InChI is InChI=1S/C21H33FN2O5Si/c1-14(25)23-18(13-15-9-7-8-10-16(15)22)19(26)24-17(20(27)28)11-12-29-30(5,6)21(2,3)4/h7-10,17-18H,11-13H2,1-6H3,(H,23,25)(H,24,26)(H,27,28)/t17-,18+/m1/s1. The van der Waals surface area contributed by atoms with Crippen molar-refractivity contribution < 1.29 is 28.3 Å². The number of carbonyl (C=O) groups is 3. The first-order chi connectivity index (χ1) is 13.7. The van der Waals surface area contributed by atoms with Gasteiger partial charge in [0.2, 0.25) is 11.8 Å². The minimum atomic E-state index is -2.05. The van der Waals surface area contributed by atoms with Gasteiger partial charge < -0.3 is 20.2 Å². The highest BCUT2D eigenvalue weighted by Crippen LogP contribution is 2.36. The van der Waals surface area contributed by atoms with E-state index in [0.29, 0.717) is 0 Å². The molecule has 9 heteroatoms. The molecule has 0 spiro atoms. The van der Waals surface area contributed by atoms with Gasteiger partial charge in [0.05, 0.1) is 0 Å². The number of carboxylic acid groups (broad SMARTS) is 1. The topological polar surface area (TPSA) is 105 Å². The summed E-state index contributed by atoms with van der Waals surface area (Å²) >= 11 is 0. The Kier molecular flexibility index (Phi) is 9.17. The molecule has 0 aliphatic carbocycles. The van der Waals surface area contributed by atoms with Crippen molar-refractivity contribution >= 4 is 26.1 Å². The van der Waals surface area contributed by atoms with Crippen LogP contribution < -0.4 is 10.6 Å². The van der Waals surface area contributed by atoms with E-state index in [1.165, 1.54) is 25.1 Å². The second-order valence-electron chi connectivity index (χ2n) is 8.85. The molecule has 0 aromatic heterocycles. The summed E-state index contributed by atoms with van der Waals surface area (Å²) in [7, 11) is -2.05. The van der Waals surface area contributed by atoms with Gasteiger partial charge in [-0.15, -0.1) is 0 Å². The third-order valence-corrected chi connectivity index (χ3v) is 9.90. The first-order valence-corrected chi connectivity index (χ1v) is 12.8. The van der Waals surface area contributed by atoms with E-state index in [2.05, 4.69) is 44.5 Å². The SMILES string of the molecule is CC(=O)N[C@@H](Cc1ccccc1F)C(=O)N[C@H](CCO[Si](C)(C)C(C)(C)C)C(=O)O. The molecule has 30 heavy (non-hydrogen) atoms. The molecule has 1 aromatic rings. The maximum Gasteiger partial charge on any atom is 0.326 e. The normalized spacial score (nSPS) is 14.0. The van der Waals surface area contributed by atoms with Crippen molar-refractivity contribution in [2.75, 3.05) is 6.61 Å². The summed E-state index contributed by atoms with van der Waals surface area (Å²) in [4.78, 5) is 35.8. The lowest BCUT2D eigenvalue weighted by Gasteiger charge is -2.36. The molecule has 0 heterocycles. The Bertz CT molecular complexity index is 764. The van der Waals surface area contributed by atoms with E-state index < -0.39 is 44.0 Å². The van der Waals surface area contributed by atoms with E-state index >= 15 is 0 Å². The van der Waals surface area contributed by atoms with Crippen molar-refractivity contribution in [2.24, 2.45) is 0 Å². The Morgan fingerprint density at radius 2 is 1.73 bits per heavy atom. The zero-order chi connectivity index (χ0) is 23.1. The average molecular weight is 441 g/mol. The summed E-state index contributed by atoms with van der Waals surface area (Å²) < 4.78 is 20.0. The number of amides is 2. The molecule has 2 amide bonds. The molecule has 1 rings (SSSR count). The van der Waals surface area contributed by atoms with E-state index in [0.717, 1.165) is 0 Å². The number of nitrogens with one attached hydrogen (secondary N) is 2. The fraction of sp³-hybridized carbons (Fsp3) is 0.571. The highest BCUT2D eigenvalue weighted by atomic mass is 28.4. The summed E-state index contributed by atoms with van der Waals surface area (Å²) in [5.41, 5.74) is 0.250. The van der Waals surface area contributed by atoms with Gasteiger partial charge in [-0.3, -0.25) is 9.59 Å². The first kappa shape index (κ1) is 25.8. The van der Waals surface area contributed by atoms with Crippen molar-refractivity contribution in [3.63, 3.8) is 0 Å². The van der Waals surface area contributed by atoms with Crippen LogP contribution in [0.4, 0.5) is 4.39 Å². The van der Waals surface area contributed by atoms with Gasteiger partial charge in [0, 0.05) is 26.4 Å². The highest BCUT2D eigenvalue weighted by molar-refractivity contribution is 6.74. The van der Waals surface area contributed by atoms with Crippen molar-refractivity contribution in [1.29, 1.82) is 0 Å². The van der Waals surface area contributed by atoms with Gasteiger partial charge in [-0.2, -0.15) is 0 Å². The predicted octanol–water partition coefficient (Wildman–Crippen LogP) is 2.85. The molecule has 0 saturated carbocycles. The van der Waals surface area contributed by atoms with Crippen LogP contribution in [0.3, 0.4) is 0 Å². The number of aliphatic carboxylic acids is 1. The molecule has 0 fully saturated rings. The van der Waals surface area contributed by atoms with Gasteiger partial charge in [-0.1, -0.05) is 39.0 Å². The molecular weight excluding hydrogens is 407 g/mol. The minimum absolute atomic E-state index is 0.0226. The monoisotopic (exact) mass is 440 g/mol. The van der Waals surface area contributed by atoms with Crippen LogP contribution in [0, 0.1) is 5.82 Å². The number of hydrogen-bond acceptors (Lipinski definition) is 4. The molecule has 7 nitrogen and oxygen atoms in total. The van der Waals surface area contributed by atoms with Crippen LogP contribution in [0.1, 0.15) is 39.7 Å². The molecule has 0 bridgehead atoms. The van der Waals surface area contributed by atoms with Crippen molar-refractivity contribution in [3.05, 3.63) is 35.6 Å². The van der Waals surface area contributed by atoms with Gasteiger partial charge >= 0.3 is 5.97 Å². The lowest BCUT2D eigenvalue weighted by Crippen LogP contribution is -2.52. The molecule has 168 valence electrons. The third-order valence-electron chi connectivity index (χ3n) is 5.37. The van der Waals surface area contributed by atoms with E-state index in [1.54, 1.807) is 6.07 Å². The molecular formula is C21H33FN2O5Si.